The number of hydrogen-bond acceptors (Lipinski definition) is 3. The molecule has 0 aromatic heterocycles. The minimum atomic E-state index is 0.0230. The topological polar surface area (TPSA) is 47.6 Å². The van der Waals surface area contributed by atoms with E-state index >= 15 is 0 Å². The molecule has 0 aliphatic carbocycles. The van der Waals surface area contributed by atoms with Crippen molar-refractivity contribution >= 4 is 5.91 Å². The van der Waals surface area contributed by atoms with Crippen molar-refractivity contribution in [1.82, 2.24) is 5.32 Å². The summed E-state index contributed by atoms with van der Waals surface area (Å²) in [5.74, 6) is 0.105. The van der Waals surface area contributed by atoms with Crippen LogP contribution in [0.25, 0.3) is 0 Å². The molecule has 0 bridgehead atoms. The van der Waals surface area contributed by atoms with Crippen molar-refractivity contribution in [3.63, 3.8) is 0 Å². The quantitative estimate of drug-likeness (QED) is 0.546. The van der Waals surface area contributed by atoms with Crippen LogP contribution in [0, 0.1) is 5.92 Å². The van der Waals surface area contributed by atoms with E-state index in [0.29, 0.717) is 26.4 Å². The van der Waals surface area contributed by atoms with E-state index in [1.54, 1.807) is 0 Å². The Morgan fingerprint density at radius 3 is 3.06 bits per heavy atom. The van der Waals surface area contributed by atoms with Gasteiger partial charge in [-0.1, -0.05) is 12.2 Å². The summed E-state index contributed by atoms with van der Waals surface area (Å²) in [6, 6.07) is 0. The molecule has 4 nitrogen and oxygen atoms in total. The number of rotatable bonds is 6. The van der Waals surface area contributed by atoms with E-state index in [0.717, 1.165) is 25.0 Å². The fourth-order valence-corrected chi connectivity index (χ4v) is 1.58. The Morgan fingerprint density at radius 1 is 1.62 bits per heavy atom. The van der Waals surface area contributed by atoms with Crippen molar-refractivity contribution in [1.29, 1.82) is 0 Å². The molecule has 0 spiro atoms. The minimum Gasteiger partial charge on any atom is -0.381 e. The number of ether oxygens (including phenoxy) is 2. The zero-order chi connectivity index (χ0) is 11.8. The lowest BCUT2D eigenvalue weighted by atomic mass is 10.0. The molecule has 1 saturated heterocycles. The summed E-state index contributed by atoms with van der Waals surface area (Å²) in [5.41, 5.74) is 0.993. The largest absolute Gasteiger partial charge is 0.381 e. The lowest BCUT2D eigenvalue weighted by Crippen LogP contribution is -2.37. The Kier molecular flexibility index (Phi) is 6.11. The standard InChI is InChI=1S/C12H21NO3/c1-10(2)8-16-7-5-13-12(14)11-4-3-6-15-9-11/h11H,1,3-9H2,2H3,(H,13,14). The number of carbonyl (C=O) groups is 1. The van der Waals surface area contributed by atoms with Gasteiger partial charge in [-0.05, 0) is 19.8 Å². The van der Waals surface area contributed by atoms with Crippen LogP contribution in [-0.2, 0) is 14.3 Å². The second-order valence-corrected chi connectivity index (χ2v) is 4.21. The zero-order valence-electron chi connectivity index (χ0n) is 9.96. The molecule has 1 aliphatic heterocycles. The normalized spacial score (nSPS) is 20.4. The van der Waals surface area contributed by atoms with Gasteiger partial charge >= 0.3 is 0 Å². The summed E-state index contributed by atoms with van der Waals surface area (Å²) >= 11 is 0. The molecule has 1 heterocycles. The fourth-order valence-electron chi connectivity index (χ4n) is 1.58. The van der Waals surface area contributed by atoms with E-state index in [1.165, 1.54) is 0 Å². The summed E-state index contributed by atoms with van der Waals surface area (Å²) in [6.45, 7) is 8.63. The van der Waals surface area contributed by atoms with Gasteiger partial charge in [0.15, 0.2) is 0 Å². The van der Waals surface area contributed by atoms with Crippen LogP contribution >= 0.6 is 0 Å². The highest BCUT2D eigenvalue weighted by Gasteiger charge is 2.20. The number of nitrogens with one attached hydrogen (secondary N) is 1. The first-order valence-electron chi connectivity index (χ1n) is 5.77. The van der Waals surface area contributed by atoms with Crippen LogP contribution in [0.2, 0.25) is 0 Å². The molecule has 1 atom stereocenters. The Morgan fingerprint density at radius 2 is 2.44 bits per heavy atom. The molecule has 0 saturated carbocycles. The maximum absolute atomic E-state index is 11.6. The molecule has 16 heavy (non-hydrogen) atoms. The molecule has 0 radical (unpaired) electrons. The molecule has 1 unspecified atom stereocenters. The molecular formula is C12H21NO3. The van der Waals surface area contributed by atoms with E-state index in [2.05, 4.69) is 11.9 Å². The first kappa shape index (κ1) is 13.2. The monoisotopic (exact) mass is 227 g/mol. The Hall–Kier alpha value is -0.870. The van der Waals surface area contributed by atoms with Gasteiger partial charge in [0.2, 0.25) is 5.91 Å². The second-order valence-electron chi connectivity index (χ2n) is 4.21. The first-order valence-corrected chi connectivity index (χ1v) is 5.77. The van der Waals surface area contributed by atoms with E-state index in [-0.39, 0.29) is 11.8 Å². The summed E-state index contributed by atoms with van der Waals surface area (Å²) < 4.78 is 10.5. The van der Waals surface area contributed by atoms with Gasteiger partial charge in [-0.15, -0.1) is 0 Å². The van der Waals surface area contributed by atoms with Gasteiger partial charge in [-0.3, -0.25) is 4.79 Å². The molecule has 1 aliphatic rings. The molecule has 1 fully saturated rings. The van der Waals surface area contributed by atoms with Crippen molar-refractivity contribution in [3.05, 3.63) is 12.2 Å². The van der Waals surface area contributed by atoms with Crippen LogP contribution in [0.15, 0.2) is 12.2 Å². The van der Waals surface area contributed by atoms with Gasteiger partial charge in [0.25, 0.3) is 0 Å². The number of hydrogen-bond donors (Lipinski definition) is 1. The van der Waals surface area contributed by atoms with Crippen LogP contribution in [0.4, 0.5) is 0 Å². The number of carbonyl (C=O) groups excluding carboxylic acids is 1. The van der Waals surface area contributed by atoms with Crippen LogP contribution in [0.1, 0.15) is 19.8 Å². The maximum atomic E-state index is 11.6. The predicted octanol–water partition coefficient (Wildman–Crippen LogP) is 1.12. The Bertz CT molecular complexity index is 234. The van der Waals surface area contributed by atoms with Gasteiger partial charge in [-0.25, -0.2) is 0 Å². The molecule has 1 rings (SSSR count). The number of amides is 1. The van der Waals surface area contributed by atoms with Crippen molar-refractivity contribution in [3.8, 4) is 0 Å². The molecule has 92 valence electrons. The third kappa shape index (κ3) is 5.28. The van der Waals surface area contributed by atoms with Crippen molar-refractivity contribution in [2.75, 3.05) is 33.0 Å². The van der Waals surface area contributed by atoms with Gasteiger partial charge in [0.05, 0.1) is 25.7 Å². The van der Waals surface area contributed by atoms with Gasteiger partial charge < -0.3 is 14.8 Å². The van der Waals surface area contributed by atoms with E-state index in [1.807, 2.05) is 6.92 Å². The second kappa shape index (κ2) is 7.41. The lowest BCUT2D eigenvalue weighted by Gasteiger charge is -2.21. The SMILES string of the molecule is C=C(C)COCCNC(=O)C1CCCOC1. The van der Waals surface area contributed by atoms with Crippen LogP contribution in [0.5, 0.6) is 0 Å². The van der Waals surface area contributed by atoms with Crippen molar-refractivity contribution < 1.29 is 14.3 Å². The minimum absolute atomic E-state index is 0.0230. The average molecular weight is 227 g/mol. The molecule has 0 aromatic carbocycles. The molecule has 4 heteroatoms. The van der Waals surface area contributed by atoms with E-state index in [9.17, 15) is 4.79 Å². The van der Waals surface area contributed by atoms with E-state index < -0.39 is 0 Å². The van der Waals surface area contributed by atoms with Crippen LogP contribution < -0.4 is 5.32 Å². The van der Waals surface area contributed by atoms with Crippen molar-refractivity contribution in [2.24, 2.45) is 5.92 Å². The third-order valence-corrected chi connectivity index (χ3v) is 2.43. The molecule has 1 amide bonds. The first-order chi connectivity index (χ1) is 7.70. The summed E-state index contributed by atoms with van der Waals surface area (Å²) in [5, 5.41) is 2.85. The highest BCUT2D eigenvalue weighted by atomic mass is 16.5. The zero-order valence-corrected chi connectivity index (χ0v) is 9.96. The summed E-state index contributed by atoms with van der Waals surface area (Å²) in [6.07, 6.45) is 1.91. The predicted molar refractivity (Wildman–Crippen MR) is 62.2 cm³/mol. The molecule has 1 N–H and O–H groups in total. The molecule has 0 aromatic rings. The van der Waals surface area contributed by atoms with Gasteiger partial charge in [0.1, 0.15) is 0 Å². The fraction of sp³-hybridized carbons (Fsp3) is 0.750. The van der Waals surface area contributed by atoms with Crippen molar-refractivity contribution in [2.45, 2.75) is 19.8 Å². The summed E-state index contributed by atoms with van der Waals surface area (Å²) in [7, 11) is 0. The Labute approximate surface area is 97.0 Å². The highest BCUT2D eigenvalue weighted by molar-refractivity contribution is 5.78. The maximum Gasteiger partial charge on any atom is 0.225 e. The molecular weight excluding hydrogens is 206 g/mol. The Balaban J connectivity index is 2.03. The van der Waals surface area contributed by atoms with Crippen LogP contribution in [-0.4, -0.2) is 38.9 Å². The third-order valence-electron chi connectivity index (χ3n) is 2.43. The smallest absolute Gasteiger partial charge is 0.225 e. The average Bonchev–Trinajstić information content (AvgIpc) is 2.29. The summed E-state index contributed by atoms with van der Waals surface area (Å²) in [4.78, 5) is 11.6. The lowest BCUT2D eigenvalue weighted by molar-refractivity contribution is -0.129. The van der Waals surface area contributed by atoms with E-state index in [4.69, 9.17) is 9.47 Å². The van der Waals surface area contributed by atoms with Gasteiger partial charge in [-0.2, -0.15) is 0 Å². The van der Waals surface area contributed by atoms with Gasteiger partial charge in [0, 0.05) is 13.2 Å². The van der Waals surface area contributed by atoms with Crippen LogP contribution in [0.3, 0.4) is 0 Å². The highest BCUT2D eigenvalue weighted by Crippen LogP contribution is 2.12.